The van der Waals surface area contributed by atoms with Gasteiger partial charge in [-0.15, -0.1) is 0 Å². The summed E-state index contributed by atoms with van der Waals surface area (Å²) in [7, 11) is 0. The molecule has 2 aliphatic heterocycles. The molecular weight excluding hydrogens is 257 g/mol. The van der Waals surface area contributed by atoms with Crippen molar-refractivity contribution in [1.82, 2.24) is 10.2 Å². The van der Waals surface area contributed by atoms with Crippen LogP contribution in [-0.2, 0) is 4.74 Å². The summed E-state index contributed by atoms with van der Waals surface area (Å²) in [6.45, 7) is 3.20. The van der Waals surface area contributed by atoms with Crippen molar-refractivity contribution in [2.45, 2.75) is 37.9 Å². The highest BCUT2D eigenvalue weighted by Gasteiger charge is 2.30. The van der Waals surface area contributed by atoms with Crippen molar-refractivity contribution in [2.75, 3.05) is 39.4 Å². The number of likely N-dealkylation sites (tertiary alicyclic amines) is 1. The van der Waals surface area contributed by atoms with Crippen LogP contribution in [0, 0.1) is 5.92 Å². The van der Waals surface area contributed by atoms with Gasteiger partial charge in [-0.2, -0.15) is 13.2 Å². The van der Waals surface area contributed by atoms with E-state index in [2.05, 4.69) is 10.2 Å². The lowest BCUT2D eigenvalue weighted by atomic mass is 9.95. The maximum Gasteiger partial charge on any atom is 0.411 e. The van der Waals surface area contributed by atoms with Gasteiger partial charge in [0, 0.05) is 12.6 Å². The number of hydrogen-bond donors (Lipinski definition) is 1. The summed E-state index contributed by atoms with van der Waals surface area (Å²) in [6, 6.07) is 0.603. The Morgan fingerprint density at radius 2 is 1.89 bits per heavy atom. The molecule has 1 unspecified atom stereocenters. The maximum absolute atomic E-state index is 12.0. The zero-order chi connectivity index (χ0) is 13.7. The average molecular weight is 280 g/mol. The molecule has 0 aliphatic carbocycles. The molecule has 2 heterocycles. The molecule has 3 nitrogen and oxygen atoms in total. The minimum Gasteiger partial charge on any atom is -0.372 e. The van der Waals surface area contributed by atoms with Gasteiger partial charge in [0.15, 0.2) is 0 Å². The summed E-state index contributed by atoms with van der Waals surface area (Å²) in [6.07, 6.45) is 0.152. The van der Waals surface area contributed by atoms with Crippen LogP contribution in [0.2, 0.25) is 0 Å². The number of piperidine rings is 2. The standard InChI is InChI=1S/C13H23F3N2O/c14-13(15,16)10-19-9-11-2-1-7-18(8-11)12-3-5-17-6-4-12/h11-12,17H,1-10H2. The first-order valence-electron chi connectivity index (χ1n) is 7.14. The molecule has 0 radical (unpaired) electrons. The molecule has 0 spiro atoms. The van der Waals surface area contributed by atoms with Crippen molar-refractivity contribution in [3.63, 3.8) is 0 Å². The van der Waals surface area contributed by atoms with Gasteiger partial charge in [0.1, 0.15) is 6.61 Å². The van der Waals surface area contributed by atoms with Crippen LogP contribution >= 0.6 is 0 Å². The molecule has 0 amide bonds. The Balaban J connectivity index is 1.70. The molecule has 0 aromatic rings. The van der Waals surface area contributed by atoms with Crippen molar-refractivity contribution in [3.05, 3.63) is 0 Å². The first-order chi connectivity index (χ1) is 9.04. The van der Waals surface area contributed by atoms with E-state index >= 15 is 0 Å². The highest BCUT2D eigenvalue weighted by Crippen LogP contribution is 2.23. The smallest absolute Gasteiger partial charge is 0.372 e. The Labute approximate surface area is 112 Å². The summed E-state index contributed by atoms with van der Waals surface area (Å²) in [5, 5.41) is 3.34. The molecular formula is C13H23F3N2O. The molecule has 2 rings (SSSR count). The lowest BCUT2D eigenvalue weighted by molar-refractivity contribution is -0.177. The Bertz CT molecular complexity index is 267. The van der Waals surface area contributed by atoms with Crippen molar-refractivity contribution < 1.29 is 17.9 Å². The highest BCUT2D eigenvalue weighted by atomic mass is 19.4. The van der Waals surface area contributed by atoms with Crippen LogP contribution in [0.25, 0.3) is 0 Å². The van der Waals surface area contributed by atoms with E-state index in [1.807, 2.05) is 0 Å². The topological polar surface area (TPSA) is 24.5 Å². The van der Waals surface area contributed by atoms with Crippen LogP contribution in [0.5, 0.6) is 0 Å². The van der Waals surface area contributed by atoms with Gasteiger partial charge in [0.2, 0.25) is 0 Å². The summed E-state index contributed by atoms with van der Waals surface area (Å²) in [5.41, 5.74) is 0. The third kappa shape index (κ3) is 5.28. The van der Waals surface area contributed by atoms with Crippen LogP contribution in [0.15, 0.2) is 0 Å². The molecule has 0 saturated carbocycles. The van der Waals surface area contributed by atoms with Crippen LogP contribution in [0.1, 0.15) is 25.7 Å². The fourth-order valence-corrected chi connectivity index (χ4v) is 3.08. The molecule has 112 valence electrons. The fraction of sp³-hybridized carbons (Fsp3) is 1.00. The first kappa shape index (κ1) is 15.1. The number of hydrogen-bond acceptors (Lipinski definition) is 3. The number of nitrogens with zero attached hydrogens (tertiary/aromatic N) is 1. The van der Waals surface area contributed by atoms with E-state index in [1.54, 1.807) is 0 Å². The largest absolute Gasteiger partial charge is 0.411 e. The number of alkyl halides is 3. The molecule has 1 N–H and O–H groups in total. The van der Waals surface area contributed by atoms with Gasteiger partial charge in [-0.1, -0.05) is 0 Å². The maximum atomic E-state index is 12.0. The number of ether oxygens (including phenoxy) is 1. The molecule has 1 atom stereocenters. The molecule has 0 aromatic heterocycles. The SMILES string of the molecule is FC(F)(F)COCC1CCCN(C2CCNCC2)C1. The van der Waals surface area contributed by atoms with Gasteiger partial charge in [-0.3, -0.25) is 4.90 Å². The zero-order valence-electron chi connectivity index (χ0n) is 11.2. The Morgan fingerprint density at radius 1 is 1.16 bits per heavy atom. The van der Waals surface area contributed by atoms with E-state index in [0.717, 1.165) is 51.9 Å². The molecule has 2 aliphatic rings. The van der Waals surface area contributed by atoms with E-state index < -0.39 is 12.8 Å². The molecule has 2 fully saturated rings. The zero-order valence-corrected chi connectivity index (χ0v) is 11.2. The third-order valence-electron chi connectivity index (χ3n) is 3.99. The second kappa shape index (κ2) is 6.90. The van der Waals surface area contributed by atoms with E-state index in [1.165, 1.54) is 0 Å². The lowest BCUT2D eigenvalue weighted by Crippen LogP contribution is -2.48. The summed E-state index contributed by atoms with van der Waals surface area (Å²) < 4.78 is 40.9. The second-order valence-corrected chi connectivity index (χ2v) is 5.61. The highest BCUT2D eigenvalue weighted by molar-refractivity contribution is 4.82. The van der Waals surface area contributed by atoms with Crippen LogP contribution < -0.4 is 5.32 Å². The van der Waals surface area contributed by atoms with Crippen LogP contribution in [0.3, 0.4) is 0 Å². The fourth-order valence-electron chi connectivity index (χ4n) is 3.08. The van der Waals surface area contributed by atoms with Crippen LogP contribution in [-0.4, -0.2) is 56.5 Å². The average Bonchev–Trinajstić information content (AvgIpc) is 2.39. The minimum absolute atomic E-state index is 0.237. The van der Waals surface area contributed by atoms with E-state index in [9.17, 15) is 13.2 Å². The predicted octanol–water partition coefficient (Wildman–Crippen LogP) is 2.03. The minimum atomic E-state index is -4.20. The van der Waals surface area contributed by atoms with Gasteiger partial charge >= 0.3 is 6.18 Å². The quantitative estimate of drug-likeness (QED) is 0.853. The van der Waals surface area contributed by atoms with Crippen LogP contribution in [0.4, 0.5) is 13.2 Å². The van der Waals surface area contributed by atoms with Gasteiger partial charge in [0.05, 0.1) is 6.61 Å². The molecule has 0 bridgehead atoms. The monoisotopic (exact) mass is 280 g/mol. The van der Waals surface area contributed by atoms with E-state index in [4.69, 9.17) is 4.74 Å². The third-order valence-corrected chi connectivity index (χ3v) is 3.99. The van der Waals surface area contributed by atoms with Gasteiger partial charge in [0.25, 0.3) is 0 Å². The normalized spacial score (nSPS) is 27.6. The van der Waals surface area contributed by atoms with E-state index in [-0.39, 0.29) is 12.5 Å². The second-order valence-electron chi connectivity index (χ2n) is 5.61. The first-order valence-corrected chi connectivity index (χ1v) is 7.14. The molecule has 2 saturated heterocycles. The Kier molecular flexibility index (Phi) is 5.47. The Hall–Kier alpha value is -0.330. The summed E-state index contributed by atoms with van der Waals surface area (Å²) >= 11 is 0. The van der Waals surface area contributed by atoms with E-state index in [0.29, 0.717) is 6.04 Å². The summed E-state index contributed by atoms with van der Waals surface area (Å²) in [5.74, 6) is 0.256. The number of rotatable bonds is 4. The Morgan fingerprint density at radius 3 is 2.58 bits per heavy atom. The predicted molar refractivity (Wildman–Crippen MR) is 67.1 cm³/mol. The number of nitrogens with one attached hydrogen (secondary N) is 1. The van der Waals surface area contributed by atoms with Crippen molar-refractivity contribution in [1.29, 1.82) is 0 Å². The van der Waals surface area contributed by atoms with Crippen molar-refractivity contribution in [2.24, 2.45) is 5.92 Å². The number of halogens is 3. The van der Waals surface area contributed by atoms with Crippen molar-refractivity contribution in [3.8, 4) is 0 Å². The van der Waals surface area contributed by atoms with Crippen molar-refractivity contribution >= 4 is 0 Å². The molecule has 19 heavy (non-hydrogen) atoms. The molecule has 0 aromatic carbocycles. The van der Waals surface area contributed by atoms with Gasteiger partial charge in [-0.05, 0) is 51.2 Å². The lowest BCUT2D eigenvalue weighted by Gasteiger charge is -2.40. The van der Waals surface area contributed by atoms with Gasteiger partial charge < -0.3 is 10.1 Å². The summed E-state index contributed by atoms with van der Waals surface area (Å²) in [4.78, 5) is 2.45. The van der Waals surface area contributed by atoms with Gasteiger partial charge in [-0.25, -0.2) is 0 Å². The molecule has 6 heteroatoms.